The van der Waals surface area contributed by atoms with Crippen molar-refractivity contribution in [1.82, 2.24) is 15.0 Å². The molecule has 0 saturated heterocycles. The van der Waals surface area contributed by atoms with Crippen LogP contribution in [0.5, 0.6) is 0 Å². The first-order chi connectivity index (χ1) is 6.81. The Labute approximate surface area is 94.1 Å². The number of nitrogens with zero attached hydrogens (tertiary/aromatic N) is 3. The summed E-state index contributed by atoms with van der Waals surface area (Å²) < 4.78 is 2.65. The molecule has 5 heteroatoms. The minimum Gasteiger partial charge on any atom is -0.296 e. The lowest BCUT2D eigenvalue weighted by Crippen LogP contribution is -1.96. The maximum Gasteiger partial charge on any atom is 0.171 e. The summed E-state index contributed by atoms with van der Waals surface area (Å²) in [5, 5.41) is 7.54. The minimum atomic E-state index is 0.338. The molecular formula is C9H6IN3O. The fraction of sp³-hybridized carbons (Fsp3) is 0. The number of aldehydes is 1. The zero-order valence-corrected chi connectivity index (χ0v) is 9.25. The summed E-state index contributed by atoms with van der Waals surface area (Å²) in [5.41, 5.74) is 1.26. The van der Waals surface area contributed by atoms with Crippen molar-refractivity contribution in [1.29, 1.82) is 0 Å². The third-order valence-electron chi connectivity index (χ3n) is 1.73. The van der Waals surface area contributed by atoms with Crippen LogP contribution in [0, 0.1) is 3.57 Å². The second-order valence-electron chi connectivity index (χ2n) is 2.66. The first-order valence-corrected chi connectivity index (χ1v) is 5.01. The number of aromatic nitrogens is 3. The molecule has 0 aliphatic heterocycles. The van der Waals surface area contributed by atoms with Crippen molar-refractivity contribution in [3.8, 4) is 5.69 Å². The summed E-state index contributed by atoms with van der Waals surface area (Å²) >= 11 is 2.21. The van der Waals surface area contributed by atoms with Crippen molar-refractivity contribution in [2.45, 2.75) is 0 Å². The van der Waals surface area contributed by atoms with Gasteiger partial charge >= 0.3 is 0 Å². The van der Waals surface area contributed by atoms with Crippen LogP contribution in [0.15, 0.2) is 30.5 Å². The van der Waals surface area contributed by atoms with Gasteiger partial charge in [0.25, 0.3) is 0 Å². The molecule has 0 bridgehead atoms. The predicted molar refractivity (Wildman–Crippen MR) is 59.5 cm³/mol. The maximum atomic E-state index is 10.4. The molecule has 0 amide bonds. The summed E-state index contributed by atoms with van der Waals surface area (Å²) in [4.78, 5) is 10.4. The van der Waals surface area contributed by atoms with Gasteiger partial charge in [0.1, 0.15) is 5.69 Å². The molecule has 2 rings (SSSR count). The lowest BCUT2D eigenvalue weighted by Gasteiger charge is -2.01. The lowest BCUT2D eigenvalue weighted by atomic mass is 10.3. The largest absolute Gasteiger partial charge is 0.296 e. The van der Waals surface area contributed by atoms with E-state index in [1.165, 1.54) is 0 Å². The van der Waals surface area contributed by atoms with Gasteiger partial charge in [-0.1, -0.05) is 17.3 Å². The van der Waals surface area contributed by atoms with Crippen LogP contribution in [0.25, 0.3) is 5.69 Å². The van der Waals surface area contributed by atoms with Gasteiger partial charge in [-0.3, -0.25) is 4.79 Å². The highest BCUT2D eigenvalue weighted by Gasteiger charge is 2.03. The topological polar surface area (TPSA) is 47.8 Å². The van der Waals surface area contributed by atoms with Crippen molar-refractivity contribution >= 4 is 28.9 Å². The van der Waals surface area contributed by atoms with Gasteiger partial charge in [-0.05, 0) is 34.7 Å². The monoisotopic (exact) mass is 299 g/mol. The fourth-order valence-electron chi connectivity index (χ4n) is 1.09. The lowest BCUT2D eigenvalue weighted by molar-refractivity contribution is 0.111. The third-order valence-corrected chi connectivity index (χ3v) is 2.64. The summed E-state index contributed by atoms with van der Waals surface area (Å²) in [6.07, 6.45) is 2.28. The molecule has 4 nitrogen and oxygen atoms in total. The number of carbonyl (C=O) groups is 1. The van der Waals surface area contributed by atoms with Crippen LogP contribution in [0.3, 0.4) is 0 Å². The second-order valence-corrected chi connectivity index (χ2v) is 3.82. The van der Waals surface area contributed by atoms with E-state index >= 15 is 0 Å². The van der Waals surface area contributed by atoms with E-state index in [-0.39, 0.29) is 0 Å². The summed E-state index contributed by atoms with van der Waals surface area (Å²) in [5.74, 6) is 0. The summed E-state index contributed by atoms with van der Waals surface area (Å²) in [7, 11) is 0. The molecule has 0 N–H and O–H groups in total. The van der Waals surface area contributed by atoms with Crippen LogP contribution in [0.2, 0.25) is 0 Å². The van der Waals surface area contributed by atoms with Crippen LogP contribution in [0.4, 0.5) is 0 Å². The highest BCUT2D eigenvalue weighted by atomic mass is 127. The average Bonchev–Trinajstić information content (AvgIpc) is 2.67. The van der Waals surface area contributed by atoms with Crippen LogP contribution >= 0.6 is 22.6 Å². The Bertz CT molecular complexity index is 467. The zero-order chi connectivity index (χ0) is 9.97. The van der Waals surface area contributed by atoms with Gasteiger partial charge in [-0.15, -0.1) is 5.10 Å². The number of benzene rings is 1. The van der Waals surface area contributed by atoms with Gasteiger partial charge in [0, 0.05) is 3.57 Å². The molecule has 1 aromatic carbocycles. The Morgan fingerprint density at radius 1 is 1.36 bits per heavy atom. The molecule has 0 fully saturated rings. The number of rotatable bonds is 2. The van der Waals surface area contributed by atoms with E-state index in [4.69, 9.17) is 0 Å². The van der Waals surface area contributed by atoms with E-state index in [0.29, 0.717) is 12.0 Å². The van der Waals surface area contributed by atoms with E-state index in [0.717, 1.165) is 9.26 Å². The Morgan fingerprint density at radius 3 is 2.79 bits per heavy atom. The molecule has 1 aromatic heterocycles. The smallest absolute Gasteiger partial charge is 0.171 e. The first kappa shape index (κ1) is 9.32. The van der Waals surface area contributed by atoms with E-state index in [9.17, 15) is 4.79 Å². The standard InChI is InChI=1S/C9H6IN3O/c10-8-3-1-2-4-9(8)13-5-7(6-14)11-12-13/h1-6H. The van der Waals surface area contributed by atoms with Gasteiger partial charge in [-0.25, -0.2) is 4.68 Å². The fourth-order valence-corrected chi connectivity index (χ4v) is 1.72. The normalized spacial score (nSPS) is 10.1. The summed E-state index contributed by atoms with van der Waals surface area (Å²) in [6.45, 7) is 0. The molecule has 0 atom stereocenters. The molecule has 0 aliphatic carbocycles. The Hall–Kier alpha value is -1.24. The summed E-state index contributed by atoms with van der Waals surface area (Å²) in [6, 6.07) is 7.76. The molecule has 0 aliphatic rings. The number of para-hydroxylation sites is 1. The number of halogens is 1. The van der Waals surface area contributed by atoms with Gasteiger partial charge in [0.2, 0.25) is 0 Å². The van der Waals surface area contributed by atoms with Crippen molar-refractivity contribution in [3.05, 3.63) is 39.7 Å². The van der Waals surface area contributed by atoms with Gasteiger partial charge in [-0.2, -0.15) is 0 Å². The first-order valence-electron chi connectivity index (χ1n) is 3.93. The van der Waals surface area contributed by atoms with E-state index in [2.05, 4.69) is 32.9 Å². The molecule has 0 unspecified atom stereocenters. The zero-order valence-electron chi connectivity index (χ0n) is 7.09. The number of carbonyl (C=O) groups excluding carboxylic acids is 1. The van der Waals surface area contributed by atoms with E-state index in [1.54, 1.807) is 10.9 Å². The number of hydrogen-bond donors (Lipinski definition) is 0. The van der Waals surface area contributed by atoms with Crippen molar-refractivity contribution < 1.29 is 4.79 Å². The Kier molecular flexibility index (Phi) is 2.58. The van der Waals surface area contributed by atoms with Gasteiger partial charge < -0.3 is 0 Å². The van der Waals surface area contributed by atoms with Crippen molar-refractivity contribution in [3.63, 3.8) is 0 Å². The molecule has 0 spiro atoms. The second kappa shape index (κ2) is 3.87. The quantitative estimate of drug-likeness (QED) is 0.626. The van der Waals surface area contributed by atoms with Crippen molar-refractivity contribution in [2.24, 2.45) is 0 Å². The van der Waals surface area contributed by atoms with E-state index < -0.39 is 0 Å². The molecule has 1 heterocycles. The van der Waals surface area contributed by atoms with Crippen LogP contribution in [-0.4, -0.2) is 21.3 Å². The van der Waals surface area contributed by atoms with Crippen molar-refractivity contribution in [2.75, 3.05) is 0 Å². The highest BCUT2D eigenvalue weighted by molar-refractivity contribution is 14.1. The highest BCUT2D eigenvalue weighted by Crippen LogP contribution is 2.14. The predicted octanol–water partition coefficient (Wildman–Crippen LogP) is 1.68. The molecular weight excluding hydrogens is 293 g/mol. The third kappa shape index (κ3) is 1.67. The minimum absolute atomic E-state index is 0.338. The van der Waals surface area contributed by atoms with Gasteiger partial charge in [0.05, 0.1) is 11.9 Å². The van der Waals surface area contributed by atoms with Crippen LogP contribution in [0.1, 0.15) is 10.5 Å². The van der Waals surface area contributed by atoms with Crippen LogP contribution in [-0.2, 0) is 0 Å². The molecule has 0 saturated carbocycles. The molecule has 2 aromatic rings. The van der Waals surface area contributed by atoms with Gasteiger partial charge in [0.15, 0.2) is 6.29 Å². The molecule has 70 valence electrons. The maximum absolute atomic E-state index is 10.4. The number of hydrogen-bond acceptors (Lipinski definition) is 3. The Balaban J connectivity index is 2.49. The Morgan fingerprint density at radius 2 is 2.14 bits per heavy atom. The molecule has 14 heavy (non-hydrogen) atoms. The van der Waals surface area contributed by atoms with E-state index in [1.807, 2.05) is 24.3 Å². The SMILES string of the molecule is O=Cc1cn(-c2ccccc2I)nn1. The average molecular weight is 299 g/mol. The van der Waals surface area contributed by atoms with Crippen LogP contribution < -0.4 is 0 Å². The molecule has 0 radical (unpaired) electrons.